The van der Waals surface area contributed by atoms with Crippen molar-refractivity contribution in [3.05, 3.63) is 65.7 Å². The minimum absolute atomic E-state index is 0.000286. The first kappa shape index (κ1) is 25.0. The number of carbonyl (C=O) groups is 3. The molecule has 1 aliphatic carbocycles. The topological polar surface area (TPSA) is 90.9 Å². The predicted octanol–water partition coefficient (Wildman–Crippen LogP) is 4.21. The molecule has 1 unspecified atom stereocenters. The maximum absolute atomic E-state index is 12.9. The Kier molecular flexibility index (Phi) is 7.90. The van der Waals surface area contributed by atoms with E-state index in [1.807, 2.05) is 36.9 Å². The van der Waals surface area contributed by atoms with Gasteiger partial charge in [-0.05, 0) is 50.5 Å². The van der Waals surface area contributed by atoms with Crippen molar-refractivity contribution < 1.29 is 14.4 Å². The lowest BCUT2D eigenvalue weighted by molar-refractivity contribution is -0.121. The molecule has 35 heavy (non-hydrogen) atoms. The molecule has 0 spiro atoms. The highest BCUT2D eigenvalue weighted by Crippen LogP contribution is 2.43. The highest BCUT2D eigenvalue weighted by Gasteiger charge is 2.38. The molecule has 8 heteroatoms. The summed E-state index contributed by atoms with van der Waals surface area (Å²) in [6.07, 6.45) is 3.32. The Hall–Kier alpha value is -3.13. The molecule has 4 rings (SSSR count). The second-order valence-corrected chi connectivity index (χ2v) is 10.2. The predicted molar refractivity (Wildman–Crippen MR) is 141 cm³/mol. The fourth-order valence-electron chi connectivity index (χ4n) is 4.57. The van der Waals surface area contributed by atoms with Crippen LogP contribution in [0.25, 0.3) is 0 Å². The molecule has 7 nitrogen and oxygen atoms in total. The van der Waals surface area contributed by atoms with Gasteiger partial charge in [0.05, 0.1) is 0 Å². The monoisotopic (exact) mass is 492 g/mol. The van der Waals surface area contributed by atoms with E-state index in [0.29, 0.717) is 23.0 Å². The van der Waals surface area contributed by atoms with Crippen LogP contribution in [0.3, 0.4) is 0 Å². The Morgan fingerprint density at radius 2 is 1.83 bits per heavy atom. The van der Waals surface area contributed by atoms with E-state index in [1.54, 1.807) is 24.3 Å². The third kappa shape index (κ3) is 5.75. The zero-order valence-corrected chi connectivity index (χ0v) is 21.1. The number of benzene rings is 2. The van der Waals surface area contributed by atoms with Crippen molar-refractivity contribution in [3.8, 4) is 0 Å². The van der Waals surface area contributed by atoms with Crippen LogP contribution in [0, 0.1) is 0 Å². The van der Waals surface area contributed by atoms with Crippen LogP contribution in [0.5, 0.6) is 0 Å². The van der Waals surface area contributed by atoms with Gasteiger partial charge in [0.15, 0.2) is 5.17 Å². The van der Waals surface area contributed by atoms with Crippen LogP contribution in [-0.4, -0.2) is 52.7 Å². The molecular formula is C27H32N4O3S. The number of carbonyl (C=O) groups excluding carboxylic acids is 3. The average molecular weight is 493 g/mol. The van der Waals surface area contributed by atoms with Gasteiger partial charge in [-0.2, -0.15) is 4.99 Å². The van der Waals surface area contributed by atoms with Gasteiger partial charge in [-0.1, -0.05) is 54.6 Å². The standard InChI is InChI=1S/C27H32N4O3S/c1-3-31(4-2)26-30-25(34)22(35-26)17-23(32)29-21-13-8-10-19(16-21)24(33)28-18-27(14-9-15-27)20-11-6-5-7-12-20/h5-8,10-13,16,22H,3-4,9,14-15,17-18H2,1-2H3,(H,28,33)(H,29,32). The van der Waals surface area contributed by atoms with Crippen molar-refractivity contribution in [1.82, 2.24) is 10.2 Å². The fraction of sp³-hybridized carbons (Fsp3) is 0.407. The number of thioether (sulfide) groups is 1. The molecule has 2 aromatic rings. The largest absolute Gasteiger partial charge is 0.352 e. The third-order valence-electron chi connectivity index (χ3n) is 6.83. The van der Waals surface area contributed by atoms with Crippen molar-refractivity contribution in [1.29, 1.82) is 0 Å². The van der Waals surface area contributed by atoms with Gasteiger partial charge < -0.3 is 15.5 Å². The lowest BCUT2D eigenvalue weighted by Crippen LogP contribution is -2.45. The number of hydrogen-bond acceptors (Lipinski definition) is 5. The molecule has 1 atom stereocenters. The van der Waals surface area contributed by atoms with Gasteiger partial charge in [0.25, 0.3) is 11.8 Å². The number of anilines is 1. The minimum Gasteiger partial charge on any atom is -0.352 e. The number of amidine groups is 1. The zero-order valence-electron chi connectivity index (χ0n) is 20.3. The number of rotatable bonds is 9. The van der Waals surface area contributed by atoms with E-state index in [-0.39, 0.29) is 29.6 Å². The van der Waals surface area contributed by atoms with E-state index in [9.17, 15) is 14.4 Å². The molecule has 2 aromatic carbocycles. The molecule has 1 saturated carbocycles. The first-order valence-electron chi connectivity index (χ1n) is 12.2. The Morgan fingerprint density at radius 3 is 2.49 bits per heavy atom. The number of nitrogens with zero attached hydrogens (tertiary/aromatic N) is 2. The SMILES string of the molecule is CCN(CC)C1=NC(=O)C(CC(=O)Nc2cccc(C(=O)NCC3(c4ccccc4)CCC3)c2)S1. The summed E-state index contributed by atoms with van der Waals surface area (Å²) >= 11 is 1.34. The highest BCUT2D eigenvalue weighted by molar-refractivity contribution is 8.15. The molecule has 184 valence electrons. The smallest absolute Gasteiger partial charge is 0.262 e. The maximum atomic E-state index is 12.9. The molecule has 1 heterocycles. The first-order valence-corrected chi connectivity index (χ1v) is 13.1. The van der Waals surface area contributed by atoms with Gasteiger partial charge in [-0.15, -0.1) is 0 Å². The molecule has 3 amide bonds. The van der Waals surface area contributed by atoms with Crippen LogP contribution in [0.15, 0.2) is 59.6 Å². The number of amides is 3. The maximum Gasteiger partial charge on any atom is 0.262 e. The van der Waals surface area contributed by atoms with Crippen LogP contribution in [0.4, 0.5) is 5.69 Å². The molecular weight excluding hydrogens is 460 g/mol. The average Bonchev–Trinajstić information content (AvgIpc) is 3.19. The summed E-state index contributed by atoms with van der Waals surface area (Å²) in [5.41, 5.74) is 2.29. The lowest BCUT2D eigenvalue weighted by atomic mass is 9.64. The molecule has 0 saturated heterocycles. The second-order valence-electron chi connectivity index (χ2n) is 9.03. The van der Waals surface area contributed by atoms with E-state index in [4.69, 9.17) is 0 Å². The molecule has 0 aromatic heterocycles. The summed E-state index contributed by atoms with van der Waals surface area (Å²) in [6.45, 7) is 6.12. The summed E-state index contributed by atoms with van der Waals surface area (Å²) in [5, 5.41) is 6.08. The van der Waals surface area contributed by atoms with E-state index in [2.05, 4.69) is 27.8 Å². The van der Waals surface area contributed by atoms with Gasteiger partial charge in [0.1, 0.15) is 5.25 Å². The zero-order chi connectivity index (χ0) is 24.8. The van der Waals surface area contributed by atoms with Crippen LogP contribution in [0.1, 0.15) is 55.5 Å². The van der Waals surface area contributed by atoms with Crippen molar-refractivity contribution >= 4 is 40.3 Å². The summed E-state index contributed by atoms with van der Waals surface area (Å²) in [7, 11) is 0. The number of nitrogens with one attached hydrogen (secondary N) is 2. The summed E-state index contributed by atoms with van der Waals surface area (Å²) in [5.74, 6) is -0.715. The summed E-state index contributed by atoms with van der Waals surface area (Å²) in [6, 6.07) is 17.2. The molecule has 1 aliphatic heterocycles. The van der Waals surface area contributed by atoms with E-state index < -0.39 is 5.25 Å². The lowest BCUT2D eigenvalue weighted by Gasteiger charge is -2.42. The van der Waals surface area contributed by atoms with E-state index >= 15 is 0 Å². The van der Waals surface area contributed by atoms with Crippen LogP contribution < -0.4 is 10.6 Å². The van der Waals surface area contributed by atoms with Crippen molar-refractivity contribution in [3.63, 3.8) is 0 Å². The molecule has 0 bridgehead atoms. The Balaban J connectivity index is 1.32. The second kappa shape index (κ2) is 11.1. The summed E-state index contributed by atoms with van der Waals surface area (Å²) < 4.78 is 0. The van der Waals surface area contributed by atoms with E-state index in [1.165, 1.54) is 17.3 Å². The van der Waals surface area contributed by atoms with Crippen LogP contribution >= 0.6 is 11.8 Å². The Labute approximate surface area is 210 Å². The van der Waals surface area contributed by atoms with Gasteiger partial charge in [0, 0.05) is 42.7 Å². The first-order chi connectivity index (χ1) is 16.9. The molecule has 0 radical (unpaired) electrons. The van der Waals surface area contributed by atoms with Crippen molar-refractivity contribution in [2.24, 2.45) is 4.99 Å². The van der Waals surface area contributed by atoms with Gasteiger partial charge in [0.2, 0.25) is 5.91 Å². The minimum atomic E-state index is -0.520. The molecule has 1 fully saturated rings. The van der Waals surface area contributed by atoms with Crippen LogP contribution in [-0.2, 0) is 15.0 Å². The number of aliphatic imine (C=N–C) groups is 1. The van der Waals surface area contributed by atoms with E-state index in [0.717, 1.165) is 32.4 Å². The number of hydrogen-bond donors (Lipinski definition) is 2. The van der Waals surface area contributed by atoms with Gasteiger partial charge in [-0.25, -0.2) is 0 Å². The summed E-state index contributed by atoms with van der Waals surface area (Å²) in [4.78, 5) is 43.9. The molecule has 2 aliphatic rings. The van der Waals surface area contributed by atoms with Gasteiger partial charge in [-0.3, -0.25) is 14.4 Å². The quantitative estimate of drug-likeness (QED) is 0.547. The van der Waals surface area contributed by atoms with Gasteiger partial charge >= 0.3 is 0 Å². The van der Waals surface area contributed by atoms with Crippen LogP contribution in [0.2, 0.25) is 0 Å². The van der Waals surface area contributed by atoms with Crippen molar-refractivity contribution in [2.75, 3.05) is 25.0 Å². The third-order valence-corrected chi connectivity index (χ3v) is 8.04. The molecule has 2 N–H and O–H groups in total. The fourth-order valence-corrected chi connectivity index (χ4v) is 5.76. The highest BCUT2D eigenvalue weighted by atomic mass is 32.2. The Morgan fingerprint density at radius 1 is 1.09 bits per heavy atom. The van der Waals surface area contributed by atoms with Crippen molar-refractivity contribution in [2.45, 2.75) is 50.2 Å². The Bertz CT molecular complexity index is 1110. The normalized spacial score (nSPS) is 18.4.